The van der Waals surface area contributed by atoms with Crippen LogP contribution in [0.3, 0.4) is 0 Å². The molecule has 3 heterocycles. The van der Waals surface area contributed by atoms with Crippen LogP contribution in [0.1, 0.15) is 31.5 Å². The number of hydrogen-bond donors (Lipinski definition) is 3. The van der Waals surface area contributed by atoms with Crippen molar-refractivity contribution in [3.05, 3.63) is 53.9 Å². The number of carboxylic acid groups (broad SMARTS) is 1. The molecule has 4 rings (SSSR count). The van der Waals surface area contributed by atoms with E-state index in [1.165, 1.54) is 6.92 Å². The van der Waals surface area contributed by atoms with Gasteiger partial charge in [0, 0.05) is 44.2 Å². The number of benzene rings is 1. The number of nitrogens with zero attached hydrogens (tertiary/aromatic N) is 3. The Kier molecular flexibility index (Phi) is 6.50. The lowest BCUT2D eigenvalue weighted by molar-refractivity contribution is -0.141. The lowest BCUT2D eigenvalue weighted by Gasteiger charge is -2.41. The van der Waals surface area contributed by atoms with Gasteiger partial charge in [-0.1, -0.05) is 24.3 Å². The van der Waals surface area contributed by atoms with Gasteiger partial charge in [-0.3, -0.25) is 14.5 Å². The van der Waals surface area contributed by atoms with E-state index in [-0.39, 0.29) is 24.4 Å². The number of aromatic nitrogens is 2. The van der Waals surface area contributed by atoms with E-state index in [2.05, 4.69) is 33.5 Å². The predicted molar refractivity (Wildman–Crippen MR) is 122 cm³/mol. The molecule has 0 spiro atoms. The zero-order valence-electron chi connectivity index (χ0n) is 18.6. The minimum Gasteiger partial charge on any atom is -0.480 e. The molecular weight excluding hydrogens is 422 g/mol. The van der Waals surface area contributed by atoms with Crippen LogP contribution in [0.25, 0.3) is 17.0 Å². The third-order valence-electron chi connectivity index (χ3n) is 6.04. The largest absolute Gasteiger partial charge is 0.480 e. The molecule has 1 aromatic carbocycles. The normalized spacial score (nSPS) is 21.4. The number of carbonyl (C=O) groups excluding carboxylic acids is 2. The highest BCUT2D eigenvalue weighted by Gasteiger charge is 2.36. The summed E-state index contributed by atoms with van der Waals surface area (Å²) in [5, 5.41) is 14.8. The van der Waals surface area contributed by atoms with Crippen molar-refractivity contribution in [2.75, 3.05) is 13.1 Å². The molecule has 3 N–H and O–H groups in total. The molecule has 9 nitrogen and oxygen atoms in total. The third kappa shape index (κ3) is 5.09. The second-order valence-corrected chi connectivity index (χ2v) is 8.44. The van der Waals surface area contributed by atoms with Gasteiger partial charge in [0.2, 0.25) is 11.8 Å². The zero-order chi connectivity index (χ0) is 23.5. The van der Waals surface area contributed by atoms with Crippen molar-refractivity contribution < 1.29 is 19.5 Å². The molecule has 0 aliphatic carbocycles. The maximum atomic E-state index is 12.4. The number of hydrogen-bond acceptors (Lipinski definition) is 6. The van der Waals surface area contributed by atoms with Gasteiger partial charge < -0.3 is 15.7 Å². The van der Waals surface area contributed by atoms with Crippen LogP contribution >= 0.6 is 0 Å². The van der Waals surface area contributed by atoms with Crippen molar-refractivity contribution in [3.8, 4) is 11.4 Å². The number of rotatable bonds is 6. The predicted octanol–water partition coefficient (Wildman–Crippen LogP) is 1.25. The second-order valence-electron chi connectivity index (χ2n) is 8.44. The van der Waals surface area contributed by atoms with Crippen molar-refractivity contribution in [1.82, 2.24) is 25.5 Å². The zero-order valence-corrected chi connectivity index (χ0v) is 18.6. The first-order chi connectivity index (χ1) is 15.8. The van der Waals surface area contributed by atoms with Crippen LogP contribution in [0.2, 0.25) is 0 Å². The molecule has 33 heavy (non-hydrogen) atoms. The first kappa shape index (κ1) is 22.6. The lowest BCUT2D eigenvalue weighted by atomic mass is 9.92. The molecule has 1 aromatic heterocycles. The molecule has 2 aromatic rings. The van der Waals surface area contributed by atoms with E-state index in [1.54, 1.807) is 6.20 Å². The molecule has 2 aliphatic rings. The fourth-order valence-electron chi connectivity index (χ4n) is 4.48. The summed E-state index contributed by atoms with van der Waals surface area (Å²) in [4.78, 5) is 46.6. The Hall–Kier alpha value is -3.59. The number of carboxylic acids is 1. The number of aliphatic carboxylic acids is 1. The van der Waals surface area contributed by atoms with E-state index in [0.717, 1.165) is 28.9 Å². The van der Waals surface area contributed by atoms with Gasteiger partial charge in [0.1, 0.15) is 6.04 Å². The van der Waals surface area contributed by atoms with Crippen LogP contribution in [0, 0.1) is 0 Å². The molecular formula is C24H27N5O4. The number of fused-ring (bicyclic) bond motifs is 1. The van der Waals surface area contributed by atoms with Gasteiger partial charge in [-0.05, 0) is 36.6 Å². The summed E-state index contributed by atoms with van der Waals surface area (Å²) >= 11 is 0. The molecule has 1 saturated heterocycles. The Balaban J connectivity index is 1.58. The highest BCUT2D eigenvalue weighted by molar-refractivity contribution is 5.86. The summed E-state index contributed by atoms with van der Waals surface area (Å²) < 4.78 is 0. The molecule has 2 amide bonds. The van der Waals surface area contributed by atoms with Crippen LogP contribution in [0.5, 0.6) is 0 Å². The number of amides is 2. The lowest BCUT2D eigenvalue weighted by Crippen LogP contribution is -2.58. The van der Waals surface area contributed by atoms with Crippen molar-refractivity contribution in [1.29, 1.82) is 0 Å². The standard InChI is InChI=1S/C24H27N5O4/c1-14-10-18(13-21-23(31)26-8-9-29(14)21)19-6-7-25-22(28-19)17-5-3-4-16(11-17)12-20(24(32)33)27-15(2)30/h3-7,10-11,14,20-21H,8-9,12-13H2,1-2H3,(H,26,31)(H,27,30)(H,32,33)/t14-,20?,21?/m0/s1. The minimum absolute atomic E-state index is 0.0489. The van der Waals surface area contributed by atoms with Crippen LogP contribution in [0.4, 0.5) is 0 Å². The van der Waals surface area contributed by atoms with E-state index in [1.807, 2.05) is 30.3 Å². The van der Waals surface area contributed by atoms with Crippen molar-refractivity contribution in [2.24, 2.45) is 0 Å². The highest BCUT2D eigenvalue weighted by atomic mass is 16.4. The van der Waals surface area contributed by atoms with E-state index in [4.69, 9.17) is 4.98 Å². The van der Waals surface area contributed by atoms with Gasteiger partial charge in [0.05, 0.1) is 11.7 Å². The molecule has 0 radical (unpaired) electrons. The van der Waals surface area contributed by atoms with Crippen molar-refractivity contribution in [2.45, 2.75) is 44.8 Å². The number of nitrogens with one attached hydrogen (secondary N) is 2. The van der Waals surface area contributed by atoms with Crippen LogP contribution in [-0.4, -0.2) is 69.0 Å². The molecule has 172 valence electrons. The monoisotopic (exact) mass is 449 g/mol. The Labute approximate surface area is 191 Å². The first-order valence-corrected chi connectivity index (χ1v) is 11.0. The molecule has 9 heteroatoms. The molecule has 0 saturated carbocycles. The molecule has 0 bridgehead atoms. The average molecular weight is 450 g/mol. The molecule has 3 atom stereocenters. The van der Waals surface area contributed by atoms with E-state index in [9.17, 15) is 19.5 Å². The highest BCUT2D eigenvalue weighted by Crippen LogP contribution is 2.30. The van der Waals surface area contributed by atoms with Crippen molar-refractivity contribution >= 4 is 23.4 Å². The Morgan fingerprint density at radius 1 is 1.33 bits per heavy atom. The first-order valence-electron chi connectivity index (χ1n) is 11.0. The van der Waals surface area contributed by atoms with E-state index >= 15 is 0 Å². The maximum Gasteiger partial charge on any atom is 0.326 e. The van der Waals surface area contributed by atoms with Crippen LogP contribution in [-0.2, 0) is 20.8 Å². The van der Waals surface area contributed by atoms with Crippen molar-refractivity contribution in [3.63, 3.8) is 0 Å². The smallest absolute Gasteiger partial charge is 0.326 e. The van der Waals surface area contributed by atoms with Gasteiger partial charge in [-0.25, -0.2) is 14.8 Å². The van der Waals surface area contributed by atoms with Gasteiger partial charge in [-0.15, -0.1) is 0 Å². The maximum absolute atomic E-state index is 12.4. The Morgan fingerprint density at radius 3 is 2.91 bits per heavy atom. The van der Waals surface area contributed by atoms with Crippen LogP contribution < -0.4 is 10.6 Å². The van der Waals surface area contributed by atoms with Crippen LogP contribution in [0.15, 0.2) is 42.6 Å². The minimum atomic E-state index is -1.09. The van der Waals surface area contributed by atoms with E-state index < -0.39 is 17.9 Å². The summed E-state index contributed by atoms with van der Waals surface area (Å²) in [5.74, 6) is -0.916. The average Bonchev–Trinajstić information content (AvgIpc) is 2.79. The molecule has 2 aliphatic heterocycles. The number of piperazine rings is 1. The second kappa shape index (κ2) is 9.50. The topological polar surface area (TPSA) is 125 Å². The SMILES string of the molecule is CC(=O)NC(Cc1cccc(-c2nccc(C3=C[C@H](C)N4CCNC(=O)C4C3)n2)c1)C(=O)O. The summed E-state index contributed by atoms with van der Waals surface area (Å²) in [5.41, 5.74) is 3.29. The fraction of sp³-hybridized carbons (Fsp3) is 0.375. The summed E-state index contributed by atoms with van der Waals surface area (Å²) in [7, 11) is 0. The molecule has 2 unspecified atom stereocenters. The molecule has 1 fully saturated rings. The Bertz CT molecular complexity index is 1120. The fourth-order valence-corrected chi connectivity index (χ4v) is 4.48. The number of carbonyl (C=O) groups is 3. The van der Waals surface area contributed by atoms with Gasteiger partial charge >= 0.3 is 5.97 Å². The van der Waals surface area contributed by atoms with E-state index in [0.29, 0.717) is 18.8 Å². The van der Waals surface area contributed by atoms with Gasteiger partial charge in [0.25, 0.3) is 0 Å². The summed E-state index contributed by atoms with van der Waals surface area (Å²) in [6, 6.07) is 8.11. The Morgan fingerprint density at radius 2 is 2.15 bits per heavy atom. The van der Waals surface area contributed by atoms with Gasteiger partial charge in [0.15, 0.2) is 5.82 Å². The quantitative estimate of drug-likeness (QED) is 0.606. The third-order valence-corrected chi connectivity index (χ3v) is 6.04. The summed E-state index contributed by atoms with van der Waals surface area (Å²) in [6.07, 6.45) is 4.59. The van der Waals surface area contributed by atoms with Gasteiger partial charge in [-0.2, -0.15) is 0 Å². The summed E-state index contributed by atoms with van der Waals surface area (Å²) in [6.45, 7) is 4.88.